The highest BCUT2D eigenvalue weighted by atomic mass is 35.5. The van der Waals surface area contributed by atoms with Crippen LogP contribution in [0.5, 0.6) is 5.19 Å². The van der Waals surface area contributed by atoms with Gasteiger partial charge in [-0.05, 0) is 41.1 Å². The molecule has 0 bridgehead atoms. The van der Waals surface area contributed by atoms with Gasteiger partial charge in [0.05, 0.1) is 5.69 Å². The normalized spacial score (nSPS) is 11.0. The highest BCUT2D eigenvalue weighted by Gasteiger charge is 2.15. The molecule has 0 atom stereocenters. The van der Waals surface area contributed by atoms with Crippen molar-refractivity contribution >= 4 is 22.9 Å². The summed E-state index contributed by atoms with van der Waals surface area (Å²) in [6, 6.07) is 13.0. The Balaban J connectivity index is 1.58. The predicted molar refractivity (Wildman–Crippen MR) is 106 cm³/mol. The van der Waals surface area contributed by atoms with Crippen LogP contribution in [-0.2, 0) is 13.7 Å². The quantitative estimate of drug-likeness (QED) is 0.498. The number of rotatable bonds is 5. The molecule has 0 N–H and O–H groups in total. The van der Waals surface area contributed by atoms with Crippen LogP contribution in [0.1, 0.15) is 11.1 Å². The Kier molecular flexibility index (Phi) is 4.93. The number of halogens is 1. The summed E-state index contributed by atoms with van der Waals surface area (Å²) in [5.41, 5.74) is 3.01. The van der Waals surface area contributed by atoms with Gasteiger partial charge in [-0.3, -0.25) is 0 Å². The monoisotopic (exact) mass is 414 g/mol. The van der Waals surface area contributed by atoms with Gasteiger partial charge < -0.3 is 4.74 Å². The maximum Gasteiger partial charge on any atom is 0.368 e. The second-order valence-corrected chi connectivity index (χ2v) is 7.41. The summed E-state index contributed by atoms with van der Waals surface area (Å²) in [5.74, 6) is 0. The standard InChI is InChI=1S/C18H15ClN6O2S/c1-11-4-3-5-15(25-18(26)24(2)22-23-25)14(11)10-27-17-21-20-16(28-17)12-6-8-13(19)9-7-12/h3-9H,10H2,1-2H3. The molecule has 0 saturated heterocycles. The molecule has 0 amide bonds. The Morgan fingerprint density at radius 3 is 2.61 bits per heavy atom. The molecule has 2 heterocycles. The van der Waals surface area contributed by atoms with Gasteiger partial charge in [-0.2, -0.15) is 9.36 Å². The van der Waals surface area contributed by atoms with Gasteiger partial charge in [-0.25, -0.2) is 4.79 Å². The largest absolute Gasteiger partial charge is 0.464 e. The Morgan fingerprint density at radius 2 is 1.89 bits per heavy atom. The minimum absolute atomic E-state index is 0.222. The van der Waals surface area contributed by atoms with Crippen molar-refractivity contribution < 1.29 is 4.74 Å². The summed E-state index contributed by atoms with van der Waals surface area (Å²) >= 11 is 7.26. The predicted octanol–water partition coefficient (Wildman–Crippen LogP) is 3.03. The first-order valence-corrected chi connectivity index (χ1v) is 9.52. The molecule has 0 radical (unpaired) electrons. The Hall–Kier alpha value is -3.04. The van der Waals surface area contributed by atoms with Crippen molar-refractivity contribution in [2.24, 2.45) is 7.05 Å². The molecular weight excluding hydrogens is 400 g/mol. The molecule has 0 fully saturated rings. The third kappa shape index (κ3) is 3.54. The van der Waals surface area contributed by atoms with Crippen LogP contribution in [0.15, 0.2) is 47.3 Å². The number of nitrogens with zero attached hydrogens (tertiary/aromatic N) is 6. The van der Waals surface area contributed by atoms with Crippen LogP contribution in [0, 0.1) is 6.92 Å². The molecule has 0 aliphatic carbocycles. The van der Waals surface area contributed by atoms with Gasteiger partial charge in [0.1, 0.15) is 6.61 Å². The van der Waals surface area contributed by atoms with Crippen LogP contribution in [0.25, 0.3) is 16.3 Å². The lowest BCUT2D eigenvalue weighted by Crippen LogP contribution is -2.23. The van der Waals surface area contributed by atoms with E-state index in [1.807, 2.05) is 31.2 Å². The lowest BCUT2D eigenvalue weighted by molar-refractivity contribution is 0.300. The average Bonchev–Trinajstić information content (AvgIpc) is 3.29. The van der Waals surface area contributed by atoms with E-state index in [2.05, 4.69) is 20.6 Å². The molecule has 10 heteroatoms. The highest BCUT2D eigenvalue weighted by molar-refractivity contribution is 7.16. The van der Waals surface area contributed by atoms with Crippen molar-refractivity contribution in [3.8, 4) is 21.5 Å². The van der Waals surface area contributed by atoms with Crippen LogP contribution in [0.3, 0.4) is 0 Å². The van der Waals surface area contributed by atoms with Gasteiger partial charge in [-0.1, -0.05) is 52.3 Å². The van der Waals surface area contributed by atoms with E-state index in [4.69, 9.17) is 16.3 Å². The first-order valence-electron chi connectivity index (χ1n) is 8.33. The Labute approximate surface area is 169 Å². The molecule has 0 saturated carbocycles. The molecule has 2 aromatic carbocycles. The zero-order valence-electron chi connectivity index (χ0n) is 15.0. The molecule has 4 rings (SSSR count). The summed E-state index contributed by atoms with van der Waals surface area (Å²) in [6.45, 7) is 2.17. The molecule has 0 spiro atoms. The third-order valence-electron chi connectivity index (χ3n) is 4.17. The van der Waals surface area contributed by atoms with Crippen molar-refractivity contribution in [3.63, 3.8) is 0 Å². The lowest BCUT2D eigenvalue weighted by atomic mass is 10.1. The molecule has 0 aliphatic rings. The average molecular weight is 415 g/mol. The van der Waals surface area contributed by atoms with E-state index in [0.717, 1.165) is 21.7 Å². The SMILES string of the molecule is Cc1cccc(-n2nnn(C)c2=O)c1COc1nnc(-c2ccc(Cl)cc2)s1. The van der Waals surface area contributed by atoms with Crippen molar-refractivity contribution in [2.45, 2.75) is 13.5 Å². The lowest BCUT2D eigenvalue weighted by Gasteiger charge is -2.11. The molecule has 0 aliphatic heterocycles. The second kappa shape index (κ2) is 7.53. The molecule has 8 nitrogen and oxygen atoms in total. The number of aromatic nitrogens is 6. The summed E-state index contributed by atoms with van der Waals surface area (Å²) in [7, 11) is 1.55. The van der Waals surface area contributed by atoms with Crippen LogP contribution in [0.4, 0.5) is 0 Å². The van der Waals surface area contributed by atoms with Gasteiger partial charge >= 0.3 is 5.69 Å². The minimum atomic E-state index is -0.326. The number of benzene rings is 2. The minimum Gasteiger partial charge on any atom is -0.464 e. The van der Waals surface area contributed by atoms with E-state index in [0.29, 0.717) is 15.9 Å². The van der Waals surface area contributed by atoms with E-state index in [1.165, 1.54) is 20.7 Å². The van der Waals surface area contributed by atoms with Crippen LogP contribution >= 0.6 is 22.9 Å². The van der Waals surface area contributed by atoms with Gasteiger partial charge in [0.2, 0.25) is 0 Å². The van der Waals surface area contributed by atoms with Crippen molar-refractivity contribution in [1.82, 2.24) is 30.0 Å². The van der Waals surface area contributed by atoms with Crippen molar-refractivity contribution in [1.29, 1.82) is 0 Å². The molecule has 0 unspecified atom stereocenters. The molecular formula is C18H15ClN6O2S. The fraction of sp³-hybridized carbons (Fsp3) is 0.167. The fourth-order valence-corrected chi connectivity index (χ4v) is 3.48. The van der Waals surface area contributed by atoms with Gasteiger partial charge in [-0.15, -0.1) is 5.10 Å². The van der Waals surface area contributed by atoms with Crippen LogP contribution in [0.2, 0.25) is 5.02 Å². The number of ether oxygens (including phenoxy) is 1. The number of aryl methyl sites for hydroxylation is 2. The van der Waals surface area contributed by atoms with Crippen LogP contribution < -0.4 is 10.4 Å². The zero-order chi connectivity index (χ0) is 19.7. The van der Waals surface area contributed by atoms with E-state index >= 15 is 0 Å². The van der Waals surface area contributed by atoms with Gasteiger partial charge in [0.15, 0.2) is 5.01 Å². The maximum absolute atomic E-state index is 12.2. The second-order valence-electron chi connectivity index (χ2n) is 6.04. The Morgan fingerprint density at radius 1 is 1.11 bits per heavy atom. The number of hydrogen-bond donors (Lipinski definition) is 0. The van der Waals surface area contributed by atoms with Gasteiger partial charge in [0.25, 0.3) is 5.19 Å². The molecule has 142 valence electrons. The van der Waals surface area contributed by atoms with Crippen molar-refractivity contribution in [2.75, 3.05) is 0 Å². The first-order chi connectivity index (χ1) is 13.5. The third-order valence-corrected chi connectivity index (χ3v) is 5.31. The molecule has 4 aromatic rings. The van der Waals surface area contributed by atoms with E-state index in [1.54, 1.807) is 25.2 Å². The van der Waals surface area contributed by atoms with E-state index in [-0.39, 0.29) is 12.3 Å². The molecule has 2 aromatic heterocycles. The summed E-state index contributed by atoms with van der Waals surface area (Å²) in [5, 5.41) is 17.8. The van der Waals surface area contributed by atoms with Crippen molar-refractivity contribution in [3.05, 3.63) is 69.1 Å². The topological polar surface area (TPSA) is 87.7 Å². The highest BCUT2D eigenvalue weighted by Crippen LogP contribution is 2.29. The smallest absolute Gasteiger partial charge is 0.368 e. The summed E-state index contributed by atoms with van der Waals surface area (Å²) < 4.78 is 8.29. The number of hydrogen-bond acceptors (Lipinski definition) is 7. The molecule has 28 heavy (non-hydrogen) atoms. The fourth-order valence-electron chi connectivity index (χ4n) is 2.65. The summed E-state index contributed by atoms with van der Waals surface area (Å²) in [6.07, 6.45) is 0. The summed E-state index contributed by atoms with van der Waals surface area (Å²) in [4.78, 5) is 12.2. The maximum atomic E-state index is 12.2. The van der Waals surface area contributed by atoms with E-state index in [9.17, 15) is 4.79 Å². The van der Waals surface area contributed by atoms with Gasteiger partial charge in [0, 0.05) is 23.2 Å². The van der Waals surface area contributed by atoms with Crippen LogP contribution in [-0.4, -0.2) is 30.0 Å². The number of tetrazole rings is 1. The first kappa shape index (κ1) is 18.3. The Bertz CT molecular complexity index is 1180. The zero-order valence-corrected chi connectivity index (χ0v) is 16.6. The van der Waals surface area contributed by atoms with E-state index < -0.39 is 0 Å².